The Labute approximate surface area is 188 Å². The summed E-state index contributed by atoms with van der Waals surface area (Å²) >= 11 is 6.12. The van der Waals surface area contributed by atoms with Crippen LogP contribution in [0.4, 0.5) is 24.5 Å². The molecule has 0 heterocycles. The number of nitrogens with one attached hydrogen (secondary N) is 3. The van der Waals surface area contributed by atoms with Crippen LogP contribution in [0, 0.1) is 12.3 Å². The van der Waals surface area contributed by atoms with Crippen LogP contribution in [0.3, 0.4) is 0 Å². The van der Waals surface area contributed by atoms with E-state index in [1.54, 1.807) is 36.4 Å². The van der Waals surface area contributed by atoms with Gasteiger partial charge in [-0.05, 0) is 54.5 Å². The number of amides is 1. The maximum absolute atomic E-state index is 13.0. The summed E-state index contributed by atoms with van der Waals surface area (Å²) in [5.41, 5.74) is 1.14. The molecule has 0 bridgehead atoms. The van der Waals surface area contributed by atoms with E-state index in [-0.39, 0.29) is 11.6 Å². The lowest BCUT2D eigenvalue weighted by Gasteiger charge is -2.15. The number of para-hydroxylation sites is 2. The molecule has 3 N–H and O–H groups in total. The molecule has 3 aromatic rings. The van der Waals surface area contributed by atoms with E-state index >= 15 is 0 Å². The van der Waals surface area contributed by atoms with E-state index in [1.165, 1.54) is 24.3 Å². The van der Waals surface area contributed by atoms with Crippen molar-refractivity contribution in [2.45, 2.75) is 13.1 Å². The van der Waals surface area contributed by atoms with Gasteiger partial charge in [-0.15, -0.1) is 0 Å². The molecular weight excluding hydrogens is 439 g/mol. The van der Waals surface area contributed by atoms with Gasteiger partial charge in [0.05, 0.1) is 10.7 Å². The average Bonchev–Trinajstić information content (AvgIpc) is 2.75. The highest BCUT2D eigenvalue weighted by Gasteiger charge is 2.33. The molecule has 3 aromatic carbocycles. The molecule has 32 heavy (non-hydrogen) atoms. The van der Waals surface area contributed by atoms with Crippen molar-refractivity contribution in [2.24, 2.45) is 0 Å². The van der Waals surface area contributed by atoms with Gasteiger partial charge in [-0.25, -0.2) is 0 Å². The summed E-state index contributed by atoms with van der Waals surface area (Å²) in [5, 5.41) is 13.3. The minimum atomic E-state index is -4.80. The number of carbonyl (C=O) groups is 1. The molecule has 3 rings (SSSR count). The van der Waals surface area contributed by atoms with Gasteiger partial charge < -0.3 is 10.6 Å². The molecule has 0 radical (unpaired) electrons. The molecule has 0 unspecified atom stereocenters. The fraction of sp³-hybridized carbons (Fsp3) is 0.0833. The number of hydrogen-bond acceptors (Lipinski definition) is 3. The molecule has 8 heteroatoms. The van der Waals surface area contributed by atoms with Crippen LogP contribution in [0.25, 0.3) is 5.70 Å². The number of rotatable bonds is 6. The molecule has 0 atom stereocenters. The van der Waals surface area contributed by atoms with Crippen LogP contribution in [-0.4, -0.2) is 17.8 Å². The van der Waals surface area contributed by atoms with Crippen molar-refractivity contribution in [3.05, 3.63) is 101 Å². The molecule has 1 amide bonds. The fourth-order valence-corrected chi connectivity index (χ4v) is 3.02. The van der Waals surface area contributed by atoms with Crippen molar-refractivity contribution in [2.75, 3.05) is 10.6 Å². The van der Waals surface area contributed by atoms with E-state index in [1.807, 2.05) is 19.1 Å². The molecule has 164 valence electrons. The predicted octanol–water partition coefficient (Wildman–Crippen LogP) is 6.94. The molecule has 0 aliphatic carbocycles. The van der Waals surface area contributed by atoms with Crippen LogP contribution in [0.1, 0.15) is 21.5 Å². The van der Waals surface area contributed by atoms with Crippen molar-refractivity contribution in [3.63, 3.8) is 0 Å². The van der Waals surface area contributed by atoms with Gasteiger partial charge in [0.25, 0.3) is 5.91 Å². The maximum Gasteiger partial charge on any atom is 0.432 e. The highest BCUT2D eigenvalue weighted by molar-refractivity contribution is 6.33. The zero-order valence-electron chi connectivity index (χ0n) is 16.9. The first-order valence-corrected chi connectivity index (χ1v) is 9.89. The lowest BCUT2D eigenvalue weighted by Crippen LogP contribution is -2.20. The first-order chi connectivity index (χ1) is 15.1. The molecule has 0 saturated carbocycles. The summed E-state index contributed by atoms with van der Waals surface area (Å²) < 4.78 is 38.9. The Morgan fingerprint density at radius 2 is 1.44 bits per heavy atom. The molecule has 0 aliphatic rings. The monoisotopic (exact) mass is 457 g/mol. The maximum atomic E-state index is 13.0. The van der Waals surface area contributed by atoms with Gasteiger partial charge >= 0.3 is 6.18 Å². The van der Waals surface area contributed by atoms with Gasteiger partial charge in [0.2, 0.25) is 0 Å². The van der Waals surface area contributed by atoms with Crippen molar-refractivity contribution >= 4 is 40.3 Å². The first-order valence-electron chi connectivity index (χ1n) is 9.51. The summed E-state index contributed by atoms with van der Waals surface area (Å²) in [6, 6.07) is 19.9. The summed E-state index contributed by atoms with van der Waals surface area (Å²) in [7, 11) is 0. The van der Waals surface area contributed by atoms with E-state index in [2.05, 4.69) is 10.6 Å². The minimum absolute atomic E-state index is 0.0197. The molecular formula is C24H19ClF3N3O. The van der Waals surface area contributed by atoms with Crippen molar-refractivity contribution < 1.29 is 18.0 Å². The number of anilines is 2. The molecule has 4 nitrogen and oxygen atoms in total. The van der Waals surface area contributed by atoms with E-state index in [9.17, 15) is 18.0 Å². The van der Waals surface area contributed by atoms with Gasteiger partial charge in [0.15, 0.2) is 0 Å². The summed E-state index contributed by atoms with van der Waals surface area (Å²) in [4.78, 5) is 12.6. The number of alkyl halides is 3. The second-order valence-corrected chi connectivity index (χ2v) is 7.33. The largest absolute Gasteiger partial charge is 0.432 e. The molecule has 0 aliphatic heterocycles. The third-order valence-corrected chi connectivity index (χ3v) is 4.92. The first kappa shape index (κ1) is 23.1. The zero-order chi connectivity index (χ0) is 23.3. The standard InChI is InChI=1S/C24H19ClF3N3O/c1-15-6-2-4-8-19(15)31-23(32)17-12-10-16(11-13-17)21(14-22(29)24(26,27)28)30-20-9-5-3-7-18(20)25/h2-14,29-30H,1H3,(H,31,32)/b21-14-,29-22?. The van der Waals surface area contributed by atoms with Crippen LogP contribution < -0.4 is 10.6 Å². The van der Waals surface area contributed by atoms with Gasteiger partial charge in [-0.1, -0.05) is 54.1 Å². The predicted molar refractivity (Wildman–Crippen MR) is 122 cm³/mol. The van der Waals surface area contributed by atoms with Crippen molar-refractivity contribution in [3.8, 4) is 0 Å². The molecule has 0 spiro atoms. The second-order valence-electron chi connectivity index (χ2n) is 6.92. The van der Waals surface area contributed by atoms with Crippen LogP contribution in [-0.2, 0) is 0 Å². The third-order valence-electron chi connectivity index (χ3n) is 4.59. The Morgan fingerprint density at radius 3 is 2.03 bits per heavy atom. The van der Waals surface area contributed by atoms with Gasteiger partial charge in [-0.2, -0.15) is 13.2 Å². The Kier molecular flexibility index (Phi) is 7.00. The highest BCUT2D eigenvalue weighted by atomic mass is 35.5. The molecule has 0 fully saturated rings. The van der Waals surface area contributed by atoms with Gasteiger partial charge in [0, 0.05) is 16.9 Å². The van der Waals surface area contributed by atoms with Crippen LogP contribution in [0.2, 0.25) is 5.02 Å². The van der Waals surface area contributed by atoms with E-state index in [0.717, 1.165) is 5.56 Å². The van der Waals surface area contributed by atoms with Crippen molar-refractivity contribution in [1.82, 2.24) is 0 Å². The Balaban J connectivity index is 1.89. The summed E-state index contributed by atoms with van der Waals surface area (Å²) in [6.07, 6.45) is -4.12. The Morgan fingerprint density at radius 1 is 0.875 bits per heavy atom. The fourth-order valence-electron chi connectivity index (χ4n) is 2.83. The zero-order valence-corrected chi connectivity index (χ0v) is 17.7. The molecule has 0 saturated heterocycles. The quantitative estimate of drug-likeness (QED) is 0.351. The number of allylic oxidation sites excluding steroid dienone is 1. The number of hydrogen-bond donors (Lipinski definition) is 3. The average molecular weight is 458 g/mol. The van der Waals surface area contributed by atoms with Crippen molar-refractivity contribution in [1.29, 1.82) is 5.41 Å². The summed E-state index contributed by atoms with van der Waals surface area (Å²) in [6.45, 7) is 1.87. The second kappa shape index (κ2) is 9.70. The number of aryl methyl sites for hydroxylation is 1. The Hall–Kier alpha value is -3.58. The van der Waals surface area contributed by atoms with Gasteiger partial charge in [-0.3, -0.25) is 10.2 Å². The van der Waals surface area contributed by atoms with Gasteiger partial charge in [0.1, 0.15) is 5.71 Å². The normalized spacial score (nSPS) is 11.7. The minimum Gasteiger partial charge on any atom is -0.354 e. The third kappa shape index (κ3) is 5.76. The van der Waals surface area contributed by atoms with E-state index in [4.69, 9.17) is 17.0 Å². The van der Waals surface area contributed by atoms with Crippen LogP contribution in [0.15, 0.2) is 78.9 Å². The highest BCUT2D eigenvalue weighted by Crippen LogP contribution is 2.27. The number of carbonyl (C=O) groups excluding carboxylic acids is 1. The number of halogens is 4. The van der Waals surface area contributed by atoms with Crippen LogP contribution >= 0.6 is 11.6 Å². The topological polar surface area (TPSA) is 65.0 Å². The lowest BCUT2D eigenvalue weighted by atomic mass is 10.1. The lowest BCUT2D eigenvalue weighted by molar-refractivity contribution is -0.0583. The smallest absolute Gasteiger partial charge is 0.354 e. The SMILES string of the molecule is Cc1ccccc1NC(=O)c1ccc(/C(=C/C(=N)C(F)(F)F)Nc2ccccc2Cl)cc1. The summed E-state index contributed by atoms with van der Waals surface area (Å²) in [5.74, 6) is -0.349. The van der Waals surface area contributed by atoms with Crippen LogP contribution in [0.5, 0.6) is 0 Å². The number of benzene rings is 3. The van der Waals surface area contributed by atoms with E-state index in [0.29, 0.717) is 33.6 Å². The van der Waals surface area contributed by atoms with E-state index < -0.39 is 11.9 Å². The molecule has 0 aromatic heterocycles. The Bertz CT molecular complexity index is 1170.